The predicted octanol–water partition coefficient (Wildman–Crippen LogP) is 3.09. The summed E-state index contributed by atoms with van der Waals surface area (Å²) in [6.45, 7) is 3.15. The molecular formula is C17H23NO2. The van der Waals surface area contributed by atoms with Crippen LogP contribution in [0.15, 0.2) is 24.3 Å². The van der Waals surface area contributed by atoms with Crippen molar-refractivity contribution in [3.8, 4) is 5.75 Å². The normalized spacial score (nSPS) is 26.4. The number of benzene rings is 1. The molecule has 1 aromatic rings. The van der Waals surface area contributed by atoms with Crippen LogP contribution in [0.5, 0.6) is 5.75 Å². The third kappa shape index (κ3) is 3.04. The number of fused-ring (bicyclic) bond motifs is 4. The number of phenolic OH excluding ortho intramolecular Hbond substituents is 1. The Hall–Kier alpha value is -1.35. The number of ketones is 1. The van der Waals surface area contributed by atoms with Crippen molar-refractivity contribution >= 4 is 5.78 Å². The van der Waals surface area contributed by atoms with E-state index in [4.69, 9.17) is 0 Å². The van der Waals surface area contributed by atoms with Crippen LogP contribution >= 0.6 is 0 Å². The molecule has 1 saturated carbocycles. The van der Waals surface area contributed by atoms with E-state index in [1.807, 2.05) is 0 Å². The molecular weight excluding hydrogens is 250 g/mol. The summed E-state index contributed by atoms with van der Waals surface area (Å²) < 4.78 is 0. The molecule has 3 aliphatic rings. The average molecular weight is 273 g/mol. The number of hydrogen-bond donors (Lipinski definition) is 1. The topological polar surface area (TPSA) is 40.5 Å². The first-order valence-corrected chi connectivity index (χ1v) is 7.76. The van der Waals surface area contributed by atoms with Crippen molar-refractivity contribution in [1.29, 1.82) is 0 Å². The second-order valence-corrected chi connectivity index (χ2v) is 6.34. The molecule has 2 heterocycles. The van der Waals surface area contributed by atoms with E-state index in [0.717, 1.165) is 31.5 Å². The predicted molar refractivity (Wildman–Crippen MR) is 78.9 cm³/mol. The number of carbonyl (C=O) groups excluding carboxylic acids is 1. The fraction of sp³-hybridized carbons (Fsp3) is 0.588. The van der Waals surface area contributed by atoms with Crippen LogP contribution in [0.1, 0.15) is 42.5 Å². The smallest absolute Gasteiger partial charge is 0.167 e. The highest BCUT2D eigenvalue weighted by atomic mass is 16.3. The summed E-state index contributed by atoms with van der Waals surface area (Å²) in [6.07, 6.45) is 5.99. The third-order valence-electron chi connectivity index (χ3n) is 4.86. The standard InChI is InChI=1S/C17H23NO2/c19-16-4-2-1-3-15(16)17(20)9-10-18-11-13-5-6-14(12-18)8-7-13/h1-4,13-14,19H,5-12H2. The monoisotopic (exact) mass is 273 g/mol. The number of rotatable bonds is 4. The Morgan fingerprint density at radius 3 is 2.30 bits per heavy atom. The van der Waals surface area contributed by atoms with E-state index in [1.165, 1.54) is 25.7 Å². The molecule has 0 atom stereocenters. The molecule has 2 bridgehead atoms. The molecule has 3 heteroatoms. The number of hydrogen-bond acceptors (Lipinski definition) is 3. The molecule has 0 radical (unpaired) electrons. The highest BCUT2D eigenvalue weighted by molar-refractivity contribution is 5.98. The Balaban J connectivity index is 1.57. The highest BCUT2D eigenvalue weighted by Gasteiger charge is 2.29. The second-order valence-electron chi connectivity index (χ2n) is 6.34. The van der Waals surface area contributed by atoms with Gasteiger partial charge >= 0.3 is 0 Å². The highest BCUT2D eigenvalue weighted by Crippen LogP contribution is 2.33. The number of phenols is 1. The molecule has 0 amide bonds. The number of carbonyl (C=O) groups is 1. The Bertz CT molecular complexity index is 464. The minimum Gasteiger partial charge on any atom is -0.507 e. The number of nitrogens with zero attached hydrogens (tertiary/aromatic N) is 1. The molecule has 1 aliphatic carbocycles. The van der Waals surface area contributed by atoms with E-state index in [-0.39, 0.29) is 11.5 Å². The van der Waals surface area contributed by atoms with E-state index < -0.39 is 0 Å². The molecule has 0 spiro atoms. The molecule has 108 valence electrons. The van der Waals surface area contributed by atoms with Gasteiger partial charge in [0.05, 0.1) is 5.56 Å². The summed E-state index contributed by atoms with van der Waals surface area (Å²) in [5.41, 5.74) is 0.463. The van der Waals surface area contributed by atoms with Crippen LogP contribution in [0.4, 0.5) is 0 Å². The van der Waals surface area contributed by atoms with E-state index >= 15 is 0 Å². The minimum atomic E-state index is 0.0553. The molecule has 3 fully saturated rings. The average Bonchev–Trinajstić information content (AvgIpc) is 2.78. The van der Waals surface area contributed by atoms with Crippen molar-refractivity contribution in [2.45, 2.75) is 32.1 Å². The van der Waals surface area contributed by atoms with Crippen LogP contribution in [0.3, 0.4) is 0 Å². The molecule has 2 aliphatic heterocycles. The Labute approximate surface area is 120 Å². The summed E-state index contributed by atoms with van der Waals surface area (Å²) >= 11 is 0. The van der Waals surface area contributed by atoms with E-state index in [2.05, 4.69) is 4.90 Å². The van der Waals surface area contributed by atoms with Gasteiger partial charge in [0.25, 0.3) is 0 Å². The van der Waals surface area contributed by atoms with Crippen molar-refractivity contribution in [1.82, 2.24) is 4.90 Å². The van der Waals surface area contributed by atoms with Crippen LogP contribution in [-0.4, -0.2) is 35.4 Å². The van der Waals surface area contributed by atoms with Gasteiger partial charge in [0.15, 0.2) is 5.78 Å². The number of Topliss-reactive ketones (excluding diaryl/α,β-unsaturated/α-hetero) is 1. The van der Waals surface area contributed by atoms with Gasteiger partial charge in [-0.3, -0.25) is 4.79 Å². The Morgan fingerprint density at radius 1 is 1.10 bits per heavy atom. The van der Waals surface area contributed by atoms with Crippen molar-refractivity contribution in [3.05, 3.63) is 29.8 Å². The van der Waals surface area contributed by atoms with E-state index in [1.54, 1.807) is 24.3 Å². The molecule has 0 unspecified atom stereocenters. The maximum atomic E-state index is 12.2. The van der Waals surface area contributed by atoms with Crippen molar-refractivity contribution < 1.29 is 9.90 Å². The lowest BCUT2D eigenvalue weighted by Gasteiger charge is -2.21. The SMILES string of the molecule is O=C(CCN1CC2CCC(CC2)C1)c1ccccc1O. The zero-order valence-electron chi connectivity index (χ0n) is 11.9. The van der Waals surface area contributed by atoms with Gasteiger partial charge in [0.1, 0.15) is 5.75 Å². The summed E-state index contributed by atoms with van der Waals surface area (Å²) in [7, 11) is 0. The van der Waals surface area contributed by atoms with Crippen molar-refractivity contribution in [3.63, 3.8) is 0 Å². The van der Waals surface area contributed by atoms with Gasteiger partial charge in [-0.15, -0.1) is 0 Å². The fourth-order valence-electron chi connectivity index (χ4n) is 3.69. The van der Waals surface area contributed by atoms with Crippen LogP contribution in [0, 0.1) is 11.8 Å². The largest absolute Gasteiger partial charge is 0.507 e. The summed E-state index contributed by atoms with van der Waals surface area (Å²) in [4.78, 5) is 14.7. The van der Waals surface area contributed by atoms with Gasteiger partial charge in [-0.2, -0.15) is 0 Å². The maximum Gasteiger partial charge on any atom is 0.167 e. The van der Waals surface area contributed by atoms with Gasteiger partial charge in [0.2, 0.25) is 0 Å². The molecule has 1 aromatic carbocycles. The third-order valence-corrected chi connectivity index (χ3v) is 4.86. The van der Waals surface area contributed by atoms with Gasteiger partial charge < -0.3 is 10.0 Å². The summed E-state index contributed by atoms with van der Waals surface area (Å²) in [6, 6.07) is 6.85. The van der Waals surface area contributed by atoms with Gasteiger partial charge in [-0.05, 0) is 49.7 Å². The Kier molecular flexibility index (Phi) is 4.06. The lowest BCUT2D eigenvalue weighted by Crippen LogP contribution is -2.30. The second kappa shape index (κ2) is 5.96. The molecule has 20 heavy (non-hydrogen) atoms. The Morgan fingerprint density at radius 2 is 1.70 bits per heavy atom. The maximum absolute atomic E-state index is 12.2. The van der Waals surface area contributed by atoms with E-state index in [9.17, 15) is 9.90 Å². The van der Waals surface area contributed by atoms with Gasteiger partial charge in [-0.1, -0.05) is 12.1 Å². The molecule has 1 N–H and O–H groups in total. The quantitative estimate of drug-likeness (QED) is 0.857. The van der Waals surface area contributed by atoms with Crippen molar-refractivity contribution in [2.24, 2.45) is 11.8 Å². The number of aromatic hydroxyl groups is 1. The molecule has 4 rings (SSSR count). The summed E-state index contributed by atoms with van der Waals surface area (Å²) in [5, 5.41) is 9.72. The van der Waals surface area contributed by atoms with Crippen LogP contribution in [-0.2, 0) is 0 Å². The van der Waals surface area contributed by atoms with Crippen LogP contribution in [0.25, 0.3) is 0 Å². The van der Waals surface area contributed by atoms with Crippen LogP contribution in [0.2, 0.25) is 0 Å². The van der Waals surface area contributed by atoms with Gasteiger partial charge in [0, 0.05) is 26.1 Å². The zero-order chi connectivity index (χ0) is 13.9. The summed E-state index contributed by atoms with van der Waals surface area (Å²) in [5.74, 6) is 1.84. The molecule has 3 nitrogen and oxygen atoms in total. The van der Waals surface area contributed by atoms with Crippen LogP contribution < -0.4 is 0 Å². The van der Waals surface area contributed by atoms with Crippen molar-refractivity contribution in [2.75, 3.05) is 19.6 Å². The first kappa shape index (κ1) is 13.6. The lowest BCUT2D eigenvalue weighted by molar-refractivity contribution is 0.0958. The molecule has 2 saturated heterocycles. The first-order chi connectivity index (χ1) is 9.72. The minimum absolute atomic E-state index is 0.0553. The molecule has 0 aromatic heterocycles. The van der Waals surface area contributed by atoms with E-state index in [0.29, 0.717) is 12.0 Å². The lowest BCUT2D eigenvalue weighted by atomic mass is 9.84. The first-order valence-electron chi connectivity index (χ1n) is 7.76. The zero-order valence-corrected chi connectivity index (χ0v) is 11.9. The fourth-order valence-corrected chi connectivity index (χ4v) is 3.69. The number of para-hydroxylation sites is 1. The van der Waals surface area contributed by atoms with Gasteiger partial charge in [-0.25, -0.2) is 0 Å².